The Labute approximate surface area is 109 Å². The fourth-order valence-corrected chi connectivity index (χ4v) is 3.18. The van der Waals surface area contributed by atoms with Crippen molar-refractivity contribution in [3.05, 3.63) is 28.5 Å². The molecule has 0 amide bonds. The average molecular weight is 294 g/mol. The van der Waals surface area contributed by atoms with Gasteiger partial charge in [0.25, 0.3) is 0 Å². The molecular weight excluding hydrogens is 278 g/mol. The van der Waals surface area contributed by atoms with Crippen molar-refractivity contribution in [1.29, 1.82) is 0 Å². The predicted octanol–water partition coefficient (Wildman–Crippen LogP) is 3.73. The maximum Gasteiger partial charge on any atom is 0.153 e. The molecule has 0 bridgehead atoms. The molecular formula is C13H16BrN3. The summed E-state index contributed by atoms with van der Waals surface area (Å²) in [6, 6.07) is 3.99. The van der Waals surface area contributed by atoms with Crippen molar-refractivity contribution >= 4 is 27.4 Å². The van der Waals surface area contributed by atoms with Gasteiger partial charge in [-0.15, -0.1) is 0 Å². The second-order valence-electron chi connectivity index (χ2n) is 4.77. The van der Waals surface area contributed by atoms with Crippen LogP contribution in [0.3, 0.4) is 0 Å². The van der Waals surface area contributed by atoms with Crippen LogP contribution in [-0.2, 0) is 0 Å². The molecule has 2 aromatic heterocycles. The molecule has 0 saturated heterocycles. The lowest BCUT2D eigenvalue weighted by Crippen LogP contribution is -2.07. The smallest absolute Gasteiger partial charge is 0.153 e. The SMILES string of the molecule is Nc1c(C2CCCCC2)nc2c(Br)cccn12. The van der Waals surface area contributed by atoms with Crippen LogP contribution in [0.2, 0.25) is 0 Å². The van der Waals surface area contributed by atoms with Crippen LogP contribution in [0, 0.1) is 0 Å². The van der Waals surface area contributed by atoms with Crippen LogP contribution < -0.4 is 5.73 Å². The quantitative estimate of drug-likeness (QED) is 0.871. The number of anilines is 1. The number of fused-ring (bicyclic) bond motifs is 1. The lowest BCUT2D eigenvalue weighted by atomic mass is 9.87. The van der Waals surface area contributed by atoms with Crippen molar-refractivity contribution < 1.29 is 0 Å². The molecule has 0 unspecified atom stereocenters. The maximum atomic E-state index is 6.22. The number of nitrogens with two attached hydrogens (primary N) is 1. The molecule has 2 N–H and O–H groups in total. The molecule has 2 aromatic rings. The molecule has 2 heterocycles. The van der Waals surface area contributed by atoms with E-state index in [-0.39, 0.29) is 0 Å². The van der Waals surface area contributed by atoms with Crippen molar-refractivity contribution in [2.75, 3.05) is 5.73 Å². The second kappa shape index (κ2) is 4.33. The van der Waals surface area contributed by atoms with E-state index >= 15 is 0 Å². The van der Waals surface area contributed by atoms with Gasteiger partial charge in [-0.05, 0) is 40.9 Å². The highest BCUT2D eigenvalue weighted by molar-refractivity contribution is 9.10. The zero-order valence-electron chi connectivity index (χ0n) is 9.69. The minimum Gasteiger partial charge on any atom is -0.383 e. The highest BCUT2D eigenvalue weighted by Gasteiger charge is 2.22. The predicted molar refractivity (Wildman–Crippen MR) is 73.1 cm³/mol. The molecule has 0 radical (unpaired) electrons. The lowest BCUT2D eigenvalue weighted by Gasteiger charge is -2.20. The Morgan fingerprint density at radius 3 is 2.76 bits per heavy atom. The molecule has 0 aromatic carbocycles. The Hall–Kier alpha value is -1.03. The third kappa shape index (κ3) is 1.84. The summed E-state index contributed by atoms with van der Waals surface area (Å²) in [5.41, 5.74) is 8.25. The Kier molecular flexibility index (Phi) is 2.82. The fourth-order valence-electron chi connectivity index (χ4n) is 2.75. The van der Waals surface area contributed by atoms with Crippen molar-refractivity contribution in [3.8, 4) is 0 Å². The molecule has 3 nitrogen and oxygen atoms in total. The number of nitrogens with zero attached hydrogens (tertiary/aromatic N) is 2. The van der Waals surface area contributed by atoms with Gasteiger partial charge in [-0.25, -0.2) is 4.98 Å². The van der Waals surface area contributed by atoms with E-state index in [1.165, 1.54) is 32.1 Å². The van der Waals surface area contributed by atoms with Gasteiger partial charge in [-0.1, -0.05) is 19.3 Å². The van der Waals surface area contributed by atoms with E-state index in [0.717, 1.165) is 21.6 Å². The van der Waals surface area contributed by atoms with Crippen LogP contribution in [0.1, 0.15) is 43.7 Å². The van der Waals surface area contributed by atoms with Crippen molar-refractivity contribution in [2.45, 2.75) is 38.0 Å². The summed E-state index contributed by atoms with van der Waals surface area (Å²) in [7, 11) is 0. The van der Waals surface area contributed by atoms with Crippen molar-refractivity contribution in [2.24, 2.45) is 0 Å². The average Bonchev–Trinajstić information content (AvgIpc) is 2.70. The van der Waals surface area contributed by atoms with Crippen LogP contribution in [0.15, 0.2) is 22.8 Å². The van der Waals surface area contributed by atoms with Gasteiger partial charge in [0.05, 0.1) is 10.2 Å². The fraction of sp³-hybridized carbons (Fsp3) is 0.462. The highest BCUT2D eigenvalue weighted by atomic mass is 79.9. The Morgan fingerprint density at radius 1 is 1.29 bits per heavy atom. The van der Waals surface area contributed by atoms with Gasteiger partial charge in [0.2, 0.25) is 0 Å². The first-order valence-corrected chi connectivity index (χ1v) is 6.98. The zero-order valence-corrected chi connectivity index (χ0v) is 11.3. The molecule has 1 fully saturated rings. The number of imidazole rings is 1. The number of pyridine rings is 1. The third-order valence-corrected chi connectivity index (χ3v) is 4.28. The number of nitrogen functional groups attached to an aromatic ring is 1. The largest absolute Gasteiger partial charge is 0.383 e. The van der Waals surface area contributed by atoms with Gasteiger partial charge in [-0.2, -0.15) is 0 Å². The summed E-state index contributed by atoms with van der Waals surface area (Å²) in [6.45, 7) is 0. The van der Waals surface area contributed by atoms with Crippen LogP contribution in [0.5, 0.6) is 0 Å². The molecule has 90 valence electrons. The molecule has 17 heavy (non-hydrogen) atoms. The zero-order chi connectivity index (χ0) is 11.8. The first kappa shape index (κ1) is 11.1. The van der Waals surface area contributed by atoms with Gasteiger partial charge in [-0.3, -0.25) is 4.40 Å². The van der Waals surface area contributed by atoms with E-state index in [4.69, 9.17) is 10.7 Å². The van der Waals surface area contributed by atoms with Gasteiger partial charge in [0.1, 0.15) is 5.82 Å². The van der Waals surface area contributed by atoms with Crippen LogP contribution in [-0.4, -0.2) is 9.38 Å². The van der Waals surface area contributed by atoms with Gasteiger partial charge in [0, 0.05) is 12.1 Å². The second-order valence-corrected chi connectivity index (χ2v) is 5.62. The summed E-state index contributed by atoms with van der Waals surface area (Å²) in [4.78, 5) is 4.73. The van der Waals surface area contributed by atoms with Gasteiger partial charge >= 0.3 is 0 Å². The van der Waals surface area contributed by atoms with Crippen LogP contribution >= 0.6 is 15.9 Å². The molecule has 3 rings (SSSR count). The van der Waals surface area contributed by atoms with Gasteiger partial charge < -0.3 is 5.73 Å². The normalized spacial score (nSPS) is 17.7. The summed E-state index contributed by atoms with van der Waals surface area (Å²) >= 11 is 3.53. The number of hydrogen-bond donors (Lipinski definition) is 1. The first-order chi connectivity index (χ1) is 8.27. The Morgan fingerprint density at radius 2 is 2.06 bits per heavy atom. The summed E-state index contributed by atoms with van der Waals surface area (Å²) in [5, 5.41) is 0. The molecule has 1 aliphatic rings. The Bertz CT molecular complexity index is 541. The van der Waals surface area contributed by atoms with Crippen molar-refractivity contribution in [3.63, 3.8) is 0 Å². The van der Waals surface area contributed by atoms with E-state index in [1.54, 1.807) is 0 Å². The van der Waals surface area contributed by atoms with Gasteiger partial charge in [0.15, 0.2) is 5.65 Å². The number of rotatable bonds is 1. The summed E-state index contributed by atoms with van der Waals surface area (Å²) in [6.07, 6.45) is 8.40. The Balaban J connectivity index is 2.10. The highest BCUT2D eigenvalue weighted by Crippen LogP contribution is 2.36. The van der Waals surface area contributed by atoms with Crippen molar-refractivity contribution in [1.82, 2.24) is 9.38 Å². The topological polar surface area (TPSA) is 43.3 Å². The minimum atomic E-state index is 0.551. The molecule has 0 atom stereocenters. The lowest BCUT2D eigenvalue weighted by molar-refractivity contribution is 0.439. The van der Waals surface area contributed by atoms with E-state index in [9.17, 15) is 0 Å². The van der Waals surface area contributed by atoms with Crippen LogP contribution in [0.4, 0.5) is 5.82 Å². The van der Waals surface area contributed by atoms with E-state index in [2.05, 4.69) is 15.9 Å². The first-order valence-electron chi connectivity index (χ1n) is 6.19. The van der Waals surface area contributed by atoms with Crippen LogP contribution in [0.25, 0.3) is 5.65 Å². The van der Waals surface area contributed by atoms with E-state index in [1.807, 2.05) is 22.7 Å². The molecule has 4 heteroatoms. The van der Waals surface area contributed by atoms with E-state index in [0.29, 0.717) is 5.92 Å². The number of hydrogen-bond acceptors (Lipinski definition) is 2. The summed E-state index contributed by atoms with van der Waals surface area (Å²) < 4.78 is 2.99. The summed E-state index contributed by atoms with van der Waals surface area (Å²) in [5.74, 6) is 1.36. The molecule has 1 aliphatic carbocycles. The molecule has 0 aliphatic heterocycles. The minimum absolute atomic E-state index is 0.551. The monoisotopic (exact) mass is 293 g/mol. The number of aromatic nitrogens is 2. The number of halogens is 1. The maximum absolute atomic E-state index is 6.22. The standard InChI is InChI=1S/C13H16BrN3/c14-10-7-4-8-17-12(15)11(16-13(10)17)9-5-2-1-3-6-9/h4,7-9H,1-3,5-6,15H2. The third-order valence-electron chi connectivity index (χ3n) is 3.66. The molecule has 0 spiro atoms. The van der Waals surface area contributed by atoms with E-state index < -0.39 is 0 Å². The molecule has 1 saturated carbocycles.